The van der Waals surface area contributed by atoms with Gasteiger partial charge in [-0.15, -0.1) is 0 Å². The first kappa shape index (κ1) is 17.0. The highest BCUT2D eigenvalue weighted by atomic mass is 32.2. The minimum Gasteiger partial charge on any atom is -0.496 e. The van der Waals surface area contributed by atoms with Crippen LogP contribution in [-0.2, 0) is 19.6 Å². The van der Waals surface area contributed by atoms with E-state index in [2.05, 4.69) is 4.74 Å². The molecule has 1 rings (SSSR count). The van der Waals surface area contributed by atoms with Crippen LogP contribution in [0.2, 0.25) is 0 Å². The van der Waals surface area contributed by atoms with Gasteiger partial charge in [0, 0.05) is 7.05 Å². The Hall–Kier alpha value is -2.09. The van der Waals surface area contributed by atoms with E-state index in [0.717, 1.165) is 4.31 Å². The lowest BCUT2D eigenvalue weighted by Gasteiger charge is -2.19. The molecule has 116 valence electrons. The summed E-state index contributed by atoms with van der Waals surface area (Å²) < 4.78 is 34.7. The molecule has 8 heteroatoms. The first-order valence-corrected chi connectivity index (χ1v) is 7.72. The number of rotatable bonds is 7. The summed E-state index contributed by atoms with van der Waals surface area (Å²) >= 11 is 0. The second-order valence-corrected chi connectivity index (χ2v) is 6.07. The van der Waals surface area contributed by atoms with Gasteiger partial charge in [-0.1, -0.05) is 0 Å². The number of nitrogens with zero attached hydrogens (tertiary/aromatic N) is 1. The molecule has 0 aromatic heterocycles. The van der Waals surface area contributed by atoms with Crippen LogP contribution < -0.4 is 9.04 Å². The minimum absolute atomic E-state index is 0.107. The van der Waals surface area contributed by atoms with Gasteiger partial charge in [-0.25, -0.2) is 8.42 Å². The maximum Gasteiger partial charge on any atom is 0.323 e. The van der Waals surface area contributed by atoms with Crippen LogP contribution in [0.5, 0.6) is 5.75 Å². The molecule has 7 nitrogen and oxygen atoms in total. The summed E-state index contributed by atoms with van der Waals surface area (Å²) in [5, 5.41) is 0. The second kappa shape index (κ2) is 7.07. The molecule has 0 unspecified atom stereocenters. The lowest BCUT2D eigenvalue weighted by Crippen LogP contribution is -2.33. The van der Waals surface area contributed by atoms with Gasteiger partial charge in [0.15, 0.2) is 12.0 Å². The molecular weight excluding hydrogens is 298 g/mol. The van der Waals surface area contributed by atoms with E-state index in [9.17, 15) is 18.0 Å². The molecule has 0 radical (unpaired) electrons. The first-order chi connectivity index (χ1) is 9.85. The van der Waals surface area contributed by atoms with Crippen molar-refractivity contribution in [2.75, 3.05) is 30.8 Å². The zero-order chi connectivity index (χ0) is 16.0. The number of benzene rings is 1. The average Bonchev–Trinajstić information content (AvgIpc) is 2.45. The first-order valence-electron chi connectivity index (χ1n) is 6.11. The predicted molar refractivity (Wildman–Crippen MR) is 77.2 cm³/mol. The van der Waals surface area contributed by atoms with Gasteiger partial charge in [0.2, 0.25) is 10.0 Å². The van der Waals surface area contributed by atoms with Crippen LogP contribution in [0.15, 0.2) is 18.2 Å². The number of hydrogen-bond donors (Lipinski definition) is 0. The summed E-state index contributed by atoms with van der Waals surface area (Å²) in [7, 11) is -1.17. The molecule has 0 saturated heterocycles. The Bertz CT molecular complexity index is 626. The molecule has 21 heavy (non-hydrogen) atoms. The summed E-state index contributed by atoms with van der Waals surface area (Å²) in [6.45, 7) is 1.70. The van der Waals surface area contributed by atoms with Crippen LogP contribution in [0.1, 0.15) is 17.3 Å². The number of carbonyl (C=O) groups is 2. The van der Waals surface area contributed by atoms with Crippen molar-refractivity contribution < 1.29 is 27.5 Å². The fraction of sp³-hybridized carbons (Fsp3) is 0.385. The van der Waals surface area contributed by atoms with Crippen LogP contribution in [-0.4, -0.2) is 47.2 Å². The van der Waals surface area contributed by atoms with E-state index in [1.165, 1.54) is 32.4 Å². The predicted octanol–water partition coefficient (Wildman–Crippen LogP) is 0.837. The SMILES string of the molecule is CCOC(=O)CS(=O)(=O)N(C)c1ccc(OC)c(C=O)c1. The Balaban J connectivity index is 3.04. The highest BCUT2D eigenvalue weighted by Crippen LogP contribution is 2.24. The Morgan fingerprint density at radius 3 is 2.57 bits per heavy atom. The fourth-order valence-electron chi connectivity index (χ4n) is 1.62. The molecule has 0 bridgehead atoms. The minimum atomic E-state index is -3.88. The summed E-state index contributed by atoms with van der Waals surface area (Å²) in [4.78, 5) is 22.3. The van der Waals surface area contributed by atoms with Crippen LogP contribution in [0.3, 0.4) is 0 Å². The van der Waals surface area contributed by atoms with E-state index in [4.69, 9.17) is 4.74 Å². The topological polar surface area (TPSA) is 90.0 Å². The van der Waals surface area contributed by atoms with Crippen LogP contribution in [0.4, 0.5) is 5.69 Å². The Morgan fingerprint density at radius 1 is 1.38 bits per heavy atom. The molecule has 0 aliphatic heterocycles. The molecule has 0 saturated carbocycles. The molecule has 0 spiro atoms. The van der Waals surface area contributed by atoms with Crippen molar-refractivity contribution in [1.29, 1.82) is 0 Å². The molecule has 0 N–H and O–H groups in total. The zero-order valence-electron chi connectivity index (χ0n) is 12.0. The van der Waals surface area contributed by atoms with Crippen LogP contribution >= 0.6 is 0 Å². The summed E-state index contributed by atoms with van der Waals surface area (Å²) in [6, 6.07) is 4.33. The van der Waals surface area contributed by atoms with E-state index in [0.29, 0.717) is 12.0 Å². The Morgan fingerprint density at radius 2 is 2.05 bits per heavy atom. The normalized spacial score (nSPS) is 10.8. The Labute approximate surface area is 123 Å². The highest BCUT2D eigenvalue weighted by Gasteiger charge is 2.24. The number of aldehydes is 1. The molecule has 0 aliphatic carbocycles. The zero-order valence-corrected chi connectivity index (χ0v) is 12.8. The number of hydrogen-bond acceptors (Lipinski definition) is 6. The lowest BCUT2D eigenvalue weighted by atomic mass is 10.2. The smallest absolute Gasteiger partial charge is 0.323 e. The maximum atomic E-state index is 12.1. The number of anilines is 1. The van der Waals surface area contributed by atoms with E-state index in [-0.39, 0.29) is 17.9 Å². The van der Waals surface area contributed by atoms with Crippen molar-refractivity contribution >= 4 is 28.0 Å². The third-order valence-electron chi connectivity index (χ3n) is 2.73. The summed E-state index contributed by atoms with van der Waals surface area (Å²) in [5.74, 6) is -1.25. The largest absolute Gasteiger partial charge is 0.496 e. The molecule has 0 amide bonds. The third kappa shape index (κ3) is 4.19. The molecule has 1 aromatic carbocycles. The van der Waals surface area contributed by atoms with Gasteiger partial charge >= 0.3 is 5.97 Å². The van der Waals surface area contributed by atoms with Gasteiger partial charge < -0.3 is 9.47 Å². The number of esters is 1. The van der Waals surface area contributed by atoms with Crippen molar-refractivity contribution in [2.24, 2.45) is 0 Å². The molecule has 0 heterocycles. The lowest BCUT2D eigenvalue weighted by molar-refractivity contribution is -0.139. The van der Waals surface area contributed by atoms with E-state index >= 15 is 0 Å². The molecule has 0 atom stereocenters. The van der Waals surface area contributed by atoms with Crippen LogP contribution in [0, 0.1) is 0 Å². The summed E-state index contributed by atoms with van der Waals surface area (Å²) in [5.41, 5.74) is 0.468. The number of sulfonamides is 1. The number of ether oxygens (including phenoxy) is 2. The van der Waals surface area contributed by atoms with E-state index in [1.54, 1.807) is 6.92 Å². The fourth-order valence-corrected chi connectivity index (χ4v) is 2.63. The number of carbonyl (C=O) groups excluding carboxylic acids is 2. The van der Waals surface area contributed by atoms with Crippen molar-refractivity contribution in [2.45, 2.75) is 6.92 Å². The van der Waals surface area contributed by atoms with Gasteiger partial charge in [0.05, 0.1) is 25.0 Å². The van der Waals surface area contributed by atoms with E-state index in [1.807, 2.05) is 0 Å². The van der Waals surface area contributed by atoms with Crippen molar-refractivity contribution in [3.05, 3.63) is 23.8 Å². The Kier molecular flexibility index (Phi) is 5.71. The molecule has 0 aliphatic rings. The van der Waals surface area contributed by atoms with Crippen LogP contribution in [0.25, 0.3) is 0 Å². The molecular formula is C13H17NO6S. The maximum absolute atomic E-state index is 12.1. The average molecular weight is 315 g/mol. The molecule has 0 fully saturated rings. The van der Waals surface area contributed by atoms with Gasteiger partial charge in [0.1, 0.15) is 5.75 Å². The molecule has 1 aromatic rings. The van der Waals surface area contributed by atoms with E-state index < -0.39 is 21.7 Å². The third-order valence-corrected chi connectivity index (χ3v) is 4.37. The standard InChI is InChI=1S/C13H17NO6S/c1-4-20-13(16)9-21(17,18)14(2)11-5-6-12(19-3)10(7-11)8-15/h5-8H,4,9H2,1-3H3. The summed E-state index contributed by atoms with van der Waals surface area (Å²) in [6.07, 6.45) is 0.564. The van der Waals surface area contributed by atoms with Gasteiger partial charge in [0.25, 0.3) is 0 Å². The van der Waals surface area contributed by atoms with Crippen molar-refractivity contribution in [3.8, 4) is 5.75 Å². The van der Waals surface area contributed by atoms with Gasteiger partial charge in [-0.3, -0.25) is 13.9 Å². The van der Waals surface area contributed by atoms with Gasteiger partial charge in [-0.2, -0.15) is 0 Å². The van der Waals surface area contributed by atoms with Crippen molar-refractivity contribution in [3.63, 3.8) is 0 Å². The van der Waals surface area contributed by atoms with Gasteiger partial charge in [-0.05, 0) is 25.1 Å². The van der Waals surface area contributed by atoms with Crippen molar-refractivity contribution in [1.82, 2.24) is 0 Å². The number of methoxy groups -OCH3 is 1. The second-order valence-electron chi connectivity index (χ2n) is 4.07. The monoisotopic (exact) mass is 315 g/mol. The highest BCUT2D eigenvalue weighted by molar-refractivity contribution is 7.93. The quantitative estimate of drug-likeness (QED) is 0.547.